The molecule has 0 spiro atoms. The van der Waals surface area contributed by atoms with Crippen LogP contribution in [0.15, 0.2) is 18.2 Å². The van der Waals surface area contributed by atoms with Gasteiger partial charge in [0.1, 0.15) is 22.9 Å². The number of rotatable bonds is 1. The van der Waals surface area contributed by atoms with Gasteiger partial charge in [0.25, 0.3) is 0 Å². The zero-order valence-corrected chi connectivity index (χ0v) is 11.0. The second-order valence-electron chi connectivity index (χ2n) is 5.70. The van der Waals surface area contributed by atoms with Gasteiger partial charge in [0.2, 0.25) is 0 Å². The average molecular weight is 246 g/mol. The summed E-state index contributed by atoms with van der Waals surface area (Å²) in [7, 11) is 1.66. The summed E-state index contributed by atoms with van der Waals surface area (Å²) in [6, 6.07) is 5.88. The van der Waals surface area contributed by atoms with Crippen molar-refractivity contribution in [3.05, 3.63) is 23.8 Å². The molecule has 1 saturated carbocycles. The van der Waals surface area contributed by atoms with Gasteiger partial charge in [-0.05, 0) is 31.5 Å². The fourth-order valence-corrected chi connectivity index (χ4v) is 3.23. The van der Waals surface area contributed by atoms with Crippen LogP contribution in [0.1, 0.15) is 38.2 Å². The van der Waals surface area contributed by atoms with Gasteiger partial charge in [-0.3, -0.25) is 4.79 Å². The SMILES string of the molecule is COc1ccc2c(c1)C1CC(C)(CC(=O)C1C)O2. The molecule has 1 aliphatic carbocycles. The predicted molar refractivity (Wildman–Crippen MR) is 68.2 cm³/mol. The number of carbonyl (C=O) groups is 1. The number of ketones is 1. The van der Waals surface area contributed by atoms with Gasteiger partial charge >= 0.3 is 0 Å². The number of benzene rings is 1. The standard InChI is InChI=1S/C15H18O3/c1-9-12-7-15(2,8-13(9)16)18-14-5-4-10(17-3)6-11(12)14/h4-6,9,12H,7-8H2,1-3H3. The lowest BCUT2D eigenvalue weighted by Crippen LogP contribution is -2.47. The van der Waals surface area contributed by atoms with Crippen LogP contribution in [0, 0.1) is 5.92 Å². The minimum atomic E-state index is -0.324. The van der Waals surface area contributed by atoms with Crippen LogP contribution < -0.4 is 9.47 Å². The average Bonchev–Trinajstić information content (AvgIpc) is 2.34. The van der Waals surface area contributed by atoms with Crippen LogP contribution in [-0.4, -0.2) is 18.5 Å². The highest BCUT2D eigenvalue weighted by molar-refractivity contribution is 5.84. The van der Waals surface area contributed by atoms with Gasteiger partial charge < -0.3 is 9.47 Å². The molecule has 0 N–H and O–H groups in total. The lowest BCUT2D eigenvalue weighted by Gasteiger charge is -2.45. The molecule has 1 aromatic carbocycles. The summed E-state index contributed by atoms with van der Waals surface area (Å²) in [5, 5.41) is 0. The van der Waals surface area contributed by atoms with E-state index in [1.807, 2.05) is 32.0 Å². The van der Waals surface area contributed by atoms with Gasteiger partial charge in [-0.1, -0.05) is 6.92 Å². The number of fused-ring (bicyclic) bond motifs is 4. The van der Waals surface area contributed by atoms with Crippen molar-refractivity contribution in [3.8, 4) is 11.5 Å². The summed E-state index contributed by atoms with van der Waals surface area (Å²) < 4.78 is 11.3. The Bertz CT molecular complexity index is 508. The van der Waals surface area contributed by atoms with E-state index >= 15 is 0 Å². The molecule has 1 aliphatic heterocycles. The van der Waals surface area contributed by atoms with Crippen molar-refractivity contribution in [2.24, 2.45) is 5.92 Å². The highest BCUT2D eigenvalue weighted by Gasteiger charge is 2.47. The lowest BCUT2D eigenvalue weighted by atomic mass is 9.67. The molecule has 2 bridgehead atoms. The van der Waals surface area contributed by atoms with Crippen molar-refractivity contribution in [1.82, 2.24) is 0 Å². The maximum absolute atomic E-state index is 12.1. The van der Waals surface area contributed by atoms with Gasteiger partial charge in [-0.25, -0.2) is 0 Å². The van der Waals surface area contributed by atoms with Gasteiger partial charge in [-0.2, -0.15) is 0 Å². The van der Waals surface area contributed by atoms with Crippen LogP contribution in [0.4, 0.5) is 0 Å². The lowest BCUT2D eigenvalue weighted by molar-refractivity contribution is -0.132. The van der Waals surface area contributed by atoms with Crippen molar-refractivity contribution in [2.45, 2.75) is 38.2 Å². The van der Waals surface area contributed by atoms with Crippen LogP contribution in [0.2, 0.25) is 0 Å². The minimum absolute atomic E-state index is 0.0767. The molecule has 3 unspecified atom stereocenters. The summed E-state index contributed by atoms with van der Waals surface area (Å²) in [5.41, 5.74) is 0.794. The Hall–Kier alpha value is -1.51. The topological polar surface area (TPSA) is 35.5 Å². The molecule has 1 heterocycles. The van der Waals surface area contributed by atoms with E-state index in [-0.39, 0.29) is 17.4 Å². The Morgan fingerprint density at radius 3 is 2.94 bits per heavy atom. The number of ether oxygens (including phenoxy) is 2. The van der Waals surface area contributed by atoms with Crippen molar-refractivity contribution < 1.29 is 14.3 Å². The van der Waals surface area contributed by atoms with E-state index in [1.54, 1.807) is 7.11 Å². The number of hydrogen-bond acceptors (Lipinski definition) is 3. The molecule has 3 nitrogen and oxygen atoms in total. The summed E-state index contributed by atoms with van der Waals surface area (Å²) in [4.78, 5) is 12.1. The fraction of sp³-hybridized carbons (Fsp3) is 0.533. The largest absolute Gasteiger partial charge is 0.497 e. The van der Waals surface area contributed by atoms with Crippen LogP contribution in [-0.2, 0) is 4.79 Å². The molecule has 3 rings (SSSR count). The molecule has 0 aromatic heterocycles. The van der Waals surface area contributed by atoms with Gasteiger partial charge in [-0.15, -0.1) is 0 Å². The zero-order valence-electron chi connectivity index (χ0n) is 11.0. The number of carbonyl (C=O) groups excluding carboxylic acids is 1. The third-order valence-electron chi connectivity index (χ3n) is 4.28. The monoisotopic (exact) mass is 246 g/mol. The van der Waals surface area contributed by atoms with Crippen molar-refractivity contribution >= 4 is 5.78 Å². The second-order valence-corrected chi connectivity index (χ2v) is 5.70. The molecule has 0 amide bonds. The summed E-state index contributed by atoms with van der Waals surface area (Å²) >= 11 is 0. The Labute approximate surface area is 107 Å². The second kappa shape index (κ2) is 3.74. The zero-order chi connectivity index (χ0) is 12.9. The van der Waals surface area contributed by atoms with Crippen molar-refractivity contribution in [1.29, 1.82) is 0 Å². The maximum atomic E-state index is 12.1. The molecule has 0 saturated heterocycles. The van der Waals surface area contributed by atoms with E-state index in [0.717, 1.165) is 23.5 Å². The Morgan fingerprint density at radius 2 is 2.22 bits per heavy atom. The first kappa shape index (κ1) is 11.6. The van der Waals surface area contributed by atoms with E-state index < -0.39 is 0 Å². The molecular formula is C15H18O3. The van der Waals surface area contributed by atoms with Gasteiger partial charge in [0.15, 0.2) is 0 Å². The molecule has 18 heavy (non-hydrogen) atoms. The highest BCUT2D eigenvalue weighted by atomic mass is 16.5. The Balaban J connectivity index is 2.10. The van der Waals surface area contributed by atoms with Crippen LogP contribution in [0.5, 0.6) is 11.5 Å². The molecule has 1 fully saturated rings. The summed E-state index contributed by atoms with van der Waals surface area (Å²) in [6.07, 6.45) is 1.44. The Kier molecular flexibility index (Phi) is 2.40. The molecule has 2 aliphatic rings. The van der Waals surface area contributed by atoms with E-state index in [4.69, 9.17) is 9.47 Å². The first-order valence-electron chi connectivity index (χ1n) is 6.42. The van der Waals surface area contributed by atoms with Crippen LogP contribution in [0.3, 0.4) is 0 Å². The van der Waals surface area contributed by atoms with Crippen molar-refractivity contribution in [3.63, 3.8) is 0 Å². The smallest absolute Gasteiger partial charge is 0.140 e. The normalized spacial score (nSPS) is 33.6. The fourth-order valence-electron chi connectivity index (χ4n) is 3.23. The van der Waals surface area contributed by atoms with E-state index in [0.29, 0.717) is 12.2 Å². The van der Waals surface area contributed by atoms with Gasteiger partial charge in [0, 0.05) is 23.8 Å². The third-order valence-corrected chi connectivity index (χ3v) is 4.28. The highest BCUT2D eigenvalue weighted by Crippen LogP contribution is 2.50. The van der Waals surface area contributed by atoms with Gasteiger partial charge in [0.05, 0.1) is 7.11 Å². The predicted octanol–water partition coefficient (Wildman–Crippen LogP) is 2.93. The number of hydrogen-bond donors (Lipinski definition) is 0. The maximum Gasteiger partial charge on any atom is 0.140 e. The molecule has 96 valence electrons. The minimum Gasteiger partial charge on any atom is -0.497 e. The Morgan fingerprint density at radius 1 is 1.44 bits per heavy atom. The van der Waals surface area contributed by atoms with Crippen LogP contribution in [0.25, 0.3) is 0 Å². The number of Topliss-reactive ketones (excluding diaryl/α,β-unsaturated/α-hetero) is 1. The third kappa shape index (κ3) is 1.61. The molecule has 3 heteroatoms. The number of methoxy groups -OCH3 is 1. The quantitative estimate of drug-likeness (QED) is 0.764. The molecule has 0 radical (unpaired) electrons. The van der Waals surface area contributed by atoms with E-state index in [1.165, 1.54) is 0 Å². The van der Waals surface area contributed by atoms with E-state index in [9.17, 15) is 4.79 Å². The molecular weight excluding hydrogens is 228 g/mol. The van der Waals surface area contributed by atoms with Crippen LogP contribution >= 0.6 is 0 Å². The van der Waals surface area contributed by atoms with Crippen molar-refractivity contribution in [2.75, 3.05) is 7.11 Å². The summed E-state index contributed by atoms with van der Waals surface area (Å²) in [6.45, 7) is 4.07. The summed E-state index contributed by atoms with van der Waals surface area (Å²) in [5.74, 6) is 2.38. The van der Waals surface area contributed by atoms with E-state index in [2.05, 4.69) is 0 Å². The first-order valence-corrected chi connectivity index (χ1v) is 6.42. The molecule has 3 atom stereocenters. The first-order chi connectivity index (χ1) is 8.52. The molecule has 1 aromatic rings.